The third-order valence-electron chi connectivity index (χ3n) is 4.46. The van der Waals surface area contributed by atoms with Gasteiger partial charge in [-0.2, -0.15) is 5.10 Å². The van der Waals surface area contributed by atoms with Crippen LogP contribution in [0.5, 0.6) is 0 Å². The number of H-pyrrole nitrogens is 1. The molecule has 0 spiro atoms. The average Bonchev–Trinajstić information content (AvgIpc) is 2.96. The molecule has 0 aliphatic heterocycles. The predicted molar refractivity (Wildman–Crippen MR) is 79.4 cm³/mol. The van der Waals surface area contributed by atoms with Crippen molar-refractivity contribution in [2.24, 2.45) is 5.41 Å². The number of hydrogen-bond donors (Lipinski definition) is 2. The number of carbonyl (C=O) groups excluding carboxylic acids is 1. The second-order valence-electron chi connectivity index (χ2n) is 6.47. The summed E-state index contributed by atoms with van der Waals surface area (Å²) in [6.45, 7) is 4.48. The summed E-state index contributed by atoms with van der Waals surface area (Å²) in [5.74, 6) is 0.118. The van der Waals surface area contributed by atoms with Gasteiger partial charge in [0.15, 0.2) is 0 Å². The van der Waals surface area contributed by atoms with Gasteiger partial charge in [0.1, 0.15) is 0 Å². The van der Waals surface area contributed by atoms with Gasteiger partial charge in [-0.05, 0) is 36.0 Å². The number of nitrogens with zero attached hydrogens (tertiary/aromatic N) is 1. The topological polar surface area (TPSA) is 57.8 Å². The zero-order chi connectivity index (χ0) is 14.2. The van der Waals surface area contributed by atoms with Crippen molar-refractivity contribution < 1.29 is 4.79 Å². The van der Waals surface area contributed by atoms with E-state index in [-0.39, 0.29) is 11.3 Å². The summed E-state index contributed by atoms with van der Waals surface area (Å²) < 4.78 is 0. The highest BCUT2D eigenvalue weighted by Crippen LogP contribution is 2.37. The number of aromatic nitrogens is 2. The molecule has 1 fully saturated rings. The molecule has 1 aromatic carbocycles. The first-order valence-electron chi connectivity index (χ1n) is 7.26. The molecule has 1 heterocycles. The standard InChI is InChI=1S/C16H21N3O/c1-16(2)7-3-4-14(16)18-15(20)9-11-5-6-13-12(8-11)10-17-19-13/h5-6,8,10,14H,3-4,7,9H2,1-2H3,(H,17,19)(H,18,20). The largest absolute Gasteiger partial charge is 0.353 e. The number of carbonyl (C=O) groups is 1. The van der Waals surface area contributed by atoms with E-state index in [1.807, 2.05) is 18.2 Å². The number of aromatic amines is 1. The van der Waals surface area contributed by atoms with E-state index in [1.165, 1.54) is 12.8 Å². The first-order chi connectivity index (χ1) is 9.54. The second kappa shape index (κ2) is 4.93. The minimum atomic E-state index is 0.118. The Hall–Kier alpha value is -1.84. The maximum Gasteiger partial charge on any atom is 0.224 e. The fourth-order valence-corrected chi connectivity index (χ4v) is 3.13. The molecule has 2 N–H and O–H groups in total. The lowest BCUT2D eigenvalue weighted by molar-refractivity contribution is -0.121. The average molecular weight is 271 g/mol. The van der Waals surface area contributed by atoms with Gasteiger partial charge in [-0.25, -0.2) is 0 Å². The van der Waals surface area contributed by atoms with Crippen LogP contribution < -0.4 is 5.32 Å². The summed E-state index contributed by atoms with van der Waals surface area (Å²) in [6.07, 6.45) is 5.72. The number of fused-ring (bicyclic) bond motifs is 1. The van der Waals surface area contributed by atoms with E-state index in [2.05, 4.69) is 29.4 Å². The van der Waals surface area contributed by atoms with Crippen LogP contribution >= 0.6 is 0 Å². The zero-order valence-corrected chi connectivity index (χ0v) is 12.1. The van der Waals surface area contributed by atoms with Crippen LogP contribution in [0.2, 0.25) is 0 Å². The second-order valence-corrected chi connectivity index (χ2v) is 6.47. The van der Waals surface area contributed by atoms with Crippen LogP contribution in [0.1, 0.15) is 38.7 Å². The summed E-state index contributed by atoms with van der Waals surface area (Å²) in [5.41, 5.74) is 2.27. The molecule has 1 atom stereocenters. The van der Waals surface area contributed by atoms with Crippen LogP contribution in [0.25, 0.3) is 10.9 Å². The van der Waals surface area contributed by atoms with Crippen molar-refractivity contribution in [3.05, 3.63) is 30.0 Å². The lowest BCUT2D eigenvalue weighted by atomic mass is 9.87. The van der Waals surface area contributed by atoms with Crippen LogP contribution in [0.4, 0.5) is 0 Å². The van der Waals surface area contributed by atoms with Crippen molar-refractivity contribution in [1.29, 1.82) is 0 Å². The van der Waals surface area contributed by atoms with Gasteiger partial charge in [0.25, 0.3) is 0 Å². The quantitative estimate of drug-likeness (QED) is 0.902. The van der Waals surface area contributed by atoms with E-state index in [9.17, 15) is 4.79 Å². The Morgan fingerprint density at radius 2 is 2.35 bits per heavy atom. The maximum absolute atomic E-state index is 12.2. The van der Waals surface area contributed by atoms with E-state index < -0.39 is 0 Å². The molecule has 4 nitrogen and oxygen atoms in total. The number of hydrogen-bond acceptors (Lipinski definition) is 2. The van der Waals surface area contributed by atoms with Gasteiger partial charge in [-0.15, -0.1) is 0 Å². The lowest BCUT2D eigenvalue weighted by Crippen LogP contribution is -2.42. The van der Waals surface area contributed by atoms with Crippen LogP contribution in [-0.2, 0) is 11.2 Å². The molecular formula is C16H21N3O. The highest BCUT2D eigenvalue weighted by atomic mass is 16.1. The molecule has 1 aliphatic rings. The van der Waals surface area contributed by atoms with E-state index in [0.717, 1.165) is 22.9 Å². The zero-order valence-electron chi connectivity index (χ0n) is 12.1. The van der Waals surface area contributed by atoms with Gasteiger partial charge >= 0.3 is 0 Å². The summed E-state index contributed by atoms with van der Waals surface area (Å²) in [4.78, 5) is 12.2. The predicted octanol–water partition coefficient (Wildman–Crippen LogP) is 2.80. The van der Waals surface area contributed by atoms with E-state index in [4.69, 9.17) is 0 Å². The van der Waals surface area contributed by atoms with Gasteiger partial charge < -0.3 is 5.32 Å². The minimum absolute atomic E-state index is 0.118. The summed E-state index contributed by atoms with van der Waals surface area (Å²) >= 11 is 0. The molecule has 20 heavy (non-hydrogen) atoms. The first-order valence-corrected chi connectivity index (χ1v) is 7.26. The monoisotopic (exact) mass is 271 g/mol. The van der Waals surface area contributed by atoms with Gasteiger partial charge in [0, 0.05) is 11.4 Å². The van der Waals surface area contributed by atoms with Gasteiger partial charge in [-0.1, -0.05) is 26.3 Å². The Balaban J connectivity index is 1.66. The number of nitrogens with one attached hydrogen (secondary N) is 2. The number of benzene rings is 1. The molecule has 0 bridgehead atoms. The molecule has 3 rings (SSSR count). The summed E-state index contributed by atoms with van der Waals surface area (Å²) in [6, 6.07) is 6.30. The number of amides is 1. The Morgan fingerprint density at radius 1 is 1.50 bits per heavy atom. The molecule has 4 heteroatoms. The molecule has 0 saturated heterocycles. The molecular weight excluding hydrogens is 250 g/mol. The maximum atomic E-state index is 12.2. The summed E-state index contributed by atoms with van der Waals surface area (Å²) in [7, 11) is 0. The smallest absolute Gasteiger partial charge is 0.224 e. The third-order valence-corrected chi connectivity index (χ3v) is 4.46. The lowest BCUT2D eigenvalue weighted by Gasteiger charge is -2.27. The molecule has 1 saturated carbocycles. The van der Waals surface area contributed by atoms with Gasteiger partial charge in [-0.3, -0.25) is 9.89 Å². The van der Waals surface area contributed by atoms with Gasteiger partial charge in [0.2, 0.25) is 5.91 Å². The van der Waals surface area contributed by atoms with Crippen molar-refractivity contribution in [2.45, 2.75) is 45.6 Å². The van der Waals surface area contributed by atoms with Gasteiger partial charge in [0.05, 0.1) is 18.1 Å². The number of rotatable bonds is 3. The minimum Gasteiger partial charge on any atom is -0.353 e. The van der Waals surface area contributed by atoms with Crippen molar-refractivity contribution in [3.63, 3.8) is 0 Å². The SMILES string of the molecule is CC1(C)CCCC1NC(=O)Cc1ccc2[nH]ncc2c1. The van der Waals surface area contributed by atoms with Crippen LogP contribution in [0.15, 0.2) is 24.4 Å². The Morgan fingerprint density at radius 3 is 3.10 bits per heavy atom. The van der Waals surface area contributed by atoms with E-state index >= 15 is 0 Å². The van der Waals surface area contributed by atoms with E-state index in [0.29, 0.717) is 12.5 Å². The third kappa shape index (κ3) is 2.55. The Labute approximate surface area is 119 Å². The molecule has 1 aliphatic carbocycles. The molecule has 106 valence electrons. The van der Waals surface area contributed by atoms with Crippen molar-refractivity contribution >= 4 is 16.8 Å². The first kappa shape index (κ1) is 13.2. The van der Waals surface area contributed by atoms with Crippen molar-refractivity contribution in [1.82, 2.24) is 15.5 Å². The van der Waals surface area contributed by atoms with Crippen LogP contribution in [-0.4, -0.2) is 22.1 Å². The highest BCUT2D eigenvalue weighted by Gasteiger charge is 2.35. The van der Waals surface area contributed by atoms with E-state index in [1.54, 1.807) is 6.20 Å². The summed E-state index contributed by atoms with van der Waals surface area (Å²) in [5, 5.41) is 11.2. The molecule has 1 unspecified atom stereocenters. The molecule has 1 aromatic heterocycles. The Bertz CT molecular complexity index is 629. The Kier molecular flexibility index (Phi) is 3.24. The van der Waals surface area contributed by atoms with Crippen molar-refractivity contribution in [3.8, 4) is 0 Å². The van der Waals surface area contributed by atoms with Crippen molar-refractivity contribution in [2.75, 3.05) is 0 Å². The fourth-order valence-electron chi connectivity index (χ4n) is 3.13. The van der Waals surface area contributed by atoms with Crippen LogP contribution in [0.3, 0.4) is 0 Å². The molecule has 2 aromatic rings. The molecule has 0 radical (unpaired) electrons. The normalized spacial score (nSPS) is 21.2. The van der Waals surface area contributed by atoms with Crippen LogP contribution in [0, 0.1) is 5.41 Å². The fraction of sp³-hybridized carbons (Fsp3) is 0.500. The highest BCUT2D eigenvalue weighted by molar-refractivity contribution is 5.83. The molecule has 1 amide bonds.